The molecule has 0 aliphatic carbocycles. The molecule has 5 nitrogen and oxygen atoms in total. The Bertz CT molecular complexity index is 310. The van der Waals surface area contributed by atoms with Gasteiger partial charge in [-0.1, -0.05) is 0 Å². The Kier molecular flexibility index (Phi) is 3.14. The number of anilines is 1. The van der Waals surface area contributed by atoms with Gasteiger partial charge in [-0.25, -0.2) is 9.97 Å². The predicted molar refractivity (Wildman–Crippen MR) is 53.5 cm³/mol. The second-order valence-corrected chi connectivity index (χ2v) is 3.61. The zero-order chi connectivity index (χ0) is 10.6. The highest BCUT2D eigenvalue weighted by Crippen LogP contribution is 2.14. The van der Waals surface area contributed by atoms with Gasteiger partial charge in [0.05, 0.1) is 5.41 Å². The van der Waals surface area contributed by atoms with Gasteiger partial charge in [0.1, 0.15) is 0 Å². The van der Waals surface area contributed by atoms with Crippen LogP contribution in [0.5, 0.6) is 0 Å². The van der Waals surface area contributed by atoms with E-state index in [0.29, 0.717) is 5.95 Å². The van der Waals surface area contributed by atoms with Crippen LogP contribution in [-0.4, -0.2) is 22.4 Å². The highest BCUT2D eigenvalue weighted by atomic mass is 16.2. The summed E-state index contributed by atoms with van der Waals surface area (Å²) in [6.45, 7) is 3.82. The van der Waals surface area contributed by atoms with Crippen molar-refractivity contribution in [1.82, 2.24) is 9.97 Å². The van der Waals surface area contributed by atoms with E-state index in [0.717, 1.165) is 0 Å². The van der Waals surface area contributed by atoms with Crippen LogP contribution in [-0.2, 0) is 4.79 Å². The molecule has 0 saturated carbocycles. The van der Waals surface area contributed by atoms with Gasteiger partial charge in [-0.15, -0.1) is 0 Å². The molecule has 1 aromatic rings. The SMILES string of the molecule is CC(C)(CN)C(=O)Nc1ncccn1. The summed E-state index contributed by atoms with van der Waals surface area (Å²) in [5.74, 6) is 0.130. The number of rotatable bonds is 3. The maximum Gasteiger partial charge on any atom is 0.233 e. The van der Waals surface area contributed by atoms with Crippen molar-refractivity contribution >= 4 is 11.9 Å². The largest absolute Gasteiger partial charge is 0.329 e. The van der Waals surface area contributed by atoms with Crippen molar-refractivity contribution in [2.45, 2.75) is 13.8 Å². The van der Waals surface area contributed by atoms with Gasteiger partial charge in [0.2, 0.25) is 11.9 Å². The Morgan fingerprint density at radius 2 is 2.07 bits per heavy atom. The van der Waals surface area contributed by atoms with E-state index in [9.17, 15) is 4.79 Å². The molecule has 0 bridgehead atoms. The summed E-state index contributed by atoms with van der Waals surface area (Å²) >= 11 is 0. The summed E-state index contributed by atoms with van der Waals surface area (Å²) in [7, 11) is 0. The summed E-state index contributed by atoms with van der Waals surface area (Å²) < 4.78 is 0. The smallest absolute Gasteiger partial charge is 0.233 e. The van der Waals surface area contributed by atoms with Gasteiger partial charge in [-0.05, 0) is 19.9 Å². The van der Waals surface area contributed by atoms with Crippen LogP contribution < -0.4 is 11.1 Å². The highest BCUT2D eigenvalue weighted by molar-refractivity contribution is 5.93. The zero-order valence-corrected chi connectivity index (χ0v) is 8.32. The molecule has 5 heteroatoms. The molecular formula is C9H14N4O. The third kappa shape index (κ3) is 2.50. The van der Waals surface area contributed by atoms with E-state index in [2.05, 4.69) is 15.3 Å². The van der Waals surface area contributed by atoms with Crippen LogP contribution >= 0.6 is 0 Å². The molecule has 1 heterocycles. The Morgan fingerprint density at radius 3 is 2.57 bits per heavy atom. The number of nitrogens with zero attached hydrogens (tertiary/aromatic N) is 2. The van der Waals surface area contributed by atoms with Crippen molar-refractivity contribution in [1.29, 1.82) is 0 Å². The van der Waals surface area contributed by atoms with Crippen molar-refractivity contribution in [2.24, 2.45) is 11.1 Å². The lowest BCUT2D eigenvalue weighted by molar-refractivity contribution is -0.123. The Labute approximate surface area is 82.7 Å². The number of hydrogen-bond acceptors (Lipinski definition) is 4. The predicted octanol–water partition coefficient (Wildman–Crippen LogP) is 0.400. The lowest BCUT2D eigenvalue weighted by Gasteiger charge is -2.20. The van der Waals surface area contributed by atoms with Crippen LogP contribution in [0.15, 0.2) is 18.5 Å². The molecular weight excluding hydrogens is 180 g/mol. The molecule has 0 spiro atoms. The van der Waals surface area contributed by atoms with Crippen LogP contribution in [0.1, 0.15) is 13.8 Å². The van der Waals surface area contributed by atoms with E-state index < -0.39 is 5.41 Å². The molecule has 0 aromatic carbocycles. The van der Waals surface area contributed by atoms with Crippen LogP contribution in [0, 0.1) is 5.41 Å². The topological polar surface area (TPSA) is 80.9 Å². The summed E-state index contributed by atoms with van der Waals surface area (Å²) in [5.41, 5.74) is 4.86. The van der Waals surface area contributed by atoms with Crippen LogP contribution in [0.4, 0.5) is 5.95 Å². The van der Waals surface area contributed by atoms with E-state index in [1.165, 1.54) is 0 Å². The van der Waals surface area contributed by atoms with Crippen molar-refractivity contribution in [2.75, 3.05) is 11.9 Å². The quantitative estimate of drug-likeness (QED) is 0.729. The average molecular weight is 194 g/mol. The standard InChI is InChI=1S/C9H14N4O/c1-9(2,6-10)7(14)13-8-11-4-3-5-12-8/h3-5H,6,10H2,1-2H3,(H,11,12,13,14). The lowest BCUT2D eigenvalue weighted by Crippen LogP contribution is -2.37. The van der Waals surface area contributed by atoms with Crippen molar-refractivity contribution in [3.05, 3.63) is 18.5 Å². The van der Waals surface area contributed by atoms with Gasteiger partial charge in [-0.2, -0.15) is 0 Å². The number of aromatic nitrogens is 2. The van der Waals surface area contributed by atoms with Gasteiger partial charge >= 0.3 is 0 Å². The van der Waals surface area contributed by atoms with Gasteiger partial charge in [0, 0.05) is 18.9 Å². The summed E-state index contributed by atoms with van der Waals surface area (Å²) in [6.07, 6.45) is 3.14. The first kappa shape index (κ1) is 10.6. The molecule has 1 aromatic heterocycles. The zero-order valence-electron chi connectivity index (χ0n) is 8.32. The van der Waals surface area contributed by atoms with Gasteiger partial charge in [-0.3, -0.25) is 10.1 Å². The third-order valence-electron chi connectivity index (χ3n) is 1.92. The lowest BCUT2D eigenvalue weighted by atomic mass is 9.93. The first-order chi connectivity index (χ1) is 6.56. The number of carbonyl (C=O) groups is 1. The monoisotopic (exact) mass is 194 g/mol. The van der Waals surface area contributed by atoms with Crippen LogP contribution in [0.2, 0.25) is 0 Å². The molecule has 1 amide bonds. The third-order valence-corrected chi connectivity index (χ3v) is 1.92. The Morgan fingerprint density at radius 1 is 1.50 bits per heavy atom. The molecule has 0 aliphatic heterocycles. The average Bonchev–Trinajstić information content (AvgIpc) is 2.19. The number of nitrogens with two attached hydrogens (primary N) is 1. The molecule has 0 radical (unpaired) electrons. The molecule has 76 valence electrons. The van der Waals surface area contributed by atoms with Crippen LogP contribution in [0.25, 0.3) is 0 Å². The van der Waals surface area contributed by atoms with Crippen LogP contribution in [0.3, 0.4) is 0 Å². The summed E-state index contributed by atoms with van der Waals surface area (Å²) in [5, 5.41) is 2.59. The second-order valence-electron chi connectivity index (χ2n) is 3.61. The summed E-state index contributed by atoms with van der Waals surface area (Å²) in [4.78, 5) is 19.4. The molecule has 0 saturated heterocycles. The van der Waals surface area contributed by atoms with E-state index in [1.807, 2.05) is 0 Å². The van der Waals surface area contributed by atoms with Crippen molar-refractivity contribution in [3.63, 3.8) is 0 Å². The van der Waals surface area contributed by atoms with E-state index in [-0.39, 0.29) is 12.5 Å². The molecule has 0 atom stereocenters. The first-order valence-corrected chi connectivity index (χ1v) is 4.35. The number of nitrogens with one attached hydrogen (secondary N) is 1. The maximum atomic E-state index is 11.6. The Balaban J connectivity index is 2.67. The number of hydrogen-bond donors (Lipinski definition) is 2. The molecule has 0 aliphatic rings. The molecule has 14 heavy (non-hydrogen) atoms. The maximum absolute atomic E-state index is 11.6. The molecule has 0 unspecified atom stereocenters. The van der Waals surface area contributed by atoms with Crippen molar-refractivity contribution in [3.8, 4) is 0 Å². The normalized spacial score (nSPS) is 11.1. The minimum Gasteiger partial charge on any atom is -0.329 e. The molecule has 3 N–H and O–H groups in total. The summed E-state index contributed by atoms with van der Waals surface area (Å²) in [6, 6.07) is 1.68. The number of carbonyl (C=O) groups excluding carboxylic acids is 1. The highest BCUT2D eigenvalue weighted by Gasteiger charge is 2.26. The minimum absolute atomic E-state index is 0.175. The first-order valence-electron chi connectivity index (χ1n) is 4.35. The Hall–Kier alpha value is -1.49. The second kappa shape index (κ2) is 4.15. The molecule has 1 rings (SSSR count). The van der Waals surface area contributed by atoms with Gasteiger partial charge in [0.25, 0.3) is 0 Å². The van der Waals surface area contributed by atoms with Crippen molar-refractivity contribution < 1.29 is 4.79 Å². The fourth-order valence-electron chi connectivity index (χ4n) is 0.727. The minimum atomic E-state index is -0.598. The fraction of sp³-hybridized carbons (Fsp3) is 0.444. The van der Waals surface area contributed by atoms with Gasteiger partial charge in [0.15, 0.2) is 0 Å². The number of amides is 1. The van der Waals surface area contributed by atoms with Gasteiger partial charge < -0.3 is 5.73 Å². The fourth-order valence-corrected chi connectivity index (χ4v) is 0.727. The van der Waals surface area contributed by atoms with E-state index >= 15 is 0 Å². The van der Waals surface area contributed by atoms with E-state index in [4.69, 9.17) is 5.73 Å². The van der Waals surface area contributed by atoms with E-state index in [1.54, 1.807) is 32.3 Å². The molecule has 0 fully saturated rings.